The van der Waals surface area contributed by atoms with Crippen LogP contribution in [0.15, 0.2) is 23.0 Å². The summed E-state index contributed by atoms with van der Waals surface area (Å²) in [6.45, 7) is 1.90. The molecule has 0 unspecified atom stereocenters. The zero-order chi connectivity index (χ0) is 9.68. The number of H-pyrrole nitrogens is 1. The molecule has 1 N–H and O–H groups in total. The van der Waals surface area contributed by atoms with E-state index in [4.69, 9.17) is 0 Å². The second-order valence-electron chi connectivity index (χ2n) is 2.78. The SMILES string of the molecule is Cc1[nH]c(=O)ccc1C=CCCBr. The van der Waals surface area contributed by atoms with Crippen molar-refractivity contribution in [3.63, 3.8) is 0 Å². The smallest absolute Gasteiger partial charge is 0.248 e. The fourth-order valence-corrected chi connectivity index (χ4v) is 1.31. The Bertz CT molecular complexity index is 354. The maximum absolute atomic E-state index is 10.9. The number of aromatic nitrogens is 1. The van der Waals surface area contributed by atoms with E-state index in [1.165, 1.54) is 0 Å². The van der Waals surface area contributed by atoms with E-state index in [1.54, 1.807) is 6.07 Å². The Kier molecular flexibility index (Phi) is 3.96. The van der Waals surface area contributed by atoms with Gasteiger partial charge >= 0.3 is 0 Å². The number of aromatic amines is 1. The molecule has 0 atom stereocenters. The zero-order valence-electron chi connectivity index (χ0n) is 7.51. The van der Waals surface area contributed by atoms with E-state index in [0.717, 1.165) is 23.0 Å². The minimum Gasteiger partial charge on any atom is -0.326 e. The summed E-state index contributed by atoms with van der Waals surface area (Å²) < 4.78 is 0. The van der Waals surface area contributed by atoms with E-state index in [2.05, 4.69) is 27.0 Å². The van der Waals surface area contributed by atoms with Crippen LogP contribution in [-0.4, -0.2) is 10.3 Å². The number of halogens is 1. The molecule has 3 heteroatoms. The molecular weight excluding hydrogens is 230 g/mol. The molecule has 0 aromatic carbocycles. The molecule has 0 spiro atoms. The normalized spacial score (nSPS) is 10.9. The van der Waals surface area contributed by atoms with Gasteiger partial charge < -0.3 is 4.98 Å². The molecule has 0 aliphatic carbocycles. The lowest BCUT2D eigenvalue weighted by Gasteiger charge is -1.97. The van der Waals surface area contributed by atoms with Gasteiger partial charge in [0.2, 0.25) is 5.56 Å². The first-order valence-corrected chi connectivity index (χ1v) is 5.28. The van der Waals surface area contributed by atoms with Crippen LogP contribution in [0, 0.1) is 6.92 Å². The molecule has 0 radical (unpaired) electrons. The second-order valence-corrected chi connectivity index (χ2v) is 3.58. The number of hydrogen-bond donors (Lipinski definition) is 1. The van der Waals surface area contributed by atoms with E-state index in [9.17, 15) is 4.79 Å². The Labute approximate surface area is 85.8 Å². The monoisotopic (exact) mass is 241 g/mol. The largest absolute Gasteiger partial charge is 0.326 e. The van der Waals surface area contributed by atoms with Crippen molar-refractivity contribution in [1.29, 1.82) is 0 Å². The highest BCUT2D eigenvalue weighted by Crippen LogP contribution is 2.04. The highest BCUT2D eigenvalue weighted by Gasteiger charge is 1.92. The van der Waals surface area contributed by atoms with E-state index < -0.39 is 0 Å². The van der Waals surface area contributed by atoms with Crippen molar-refractivity contribution in [2.24, 2.45) is 0 Å². The topological polar surface area (TPSA) is 32.9 Å². The number of allylic oxidation sites excluding steroid dienone is 1. The molecule has 0 aliphatic heterocycles. The lowest BCUT2D eigenvalue weighted by atomic mass is 10.2. The van der Waals surface area contributed by atoms with Crippen molar-refractivity contribution in [1.82, 2.24) is 4.98 Å². The van der Waals surface area contributed by atoms with Crippen molar-refractivity contribution in [3.8, 4) is 0 Å². The molecule has 1 aromatic heterocycles. The van der Waals surface area contributed by atoms with Crippen molar-refractivity contribution >= 4 is 22.0 Å². The molecule has 1 aromatic rings. The van der Waals surface area contributed by atoms with Gasteiger partial charge in [0.05, 0.1) is 0 Å². The number of hydrogen-bond acceptors (Lipinski definition) is 1. The van der Waals surface area contributed by atoms with Crippen LogP contribution in [0.4, 0.5) is 0 Å². The van der Waals surface area contributed by atoms with E-state index in [1.807, 2.05) is 19.1 Å². The summed E-state index contributed by atoms with van der Waals surface area (Å²) in [5, 5.41) is 0.964. The Morgan fingerprint density at radius 2 is 2.31 bits per heavy atom. The molecule has 1 heterocycles. The van der Waals surface area contributed by atoms with Gasteiger partial charge in [-0.1, -0.05) is 28.1 Å². The minimum absolute atomic E-state index is 0.0462. The van der Waals surface area contributed by atoms with E-state index >= 15 is 0 Å². The maximum Gasteiger partial charge on any atom is 0.248 e. The van der Waals surface area contributed by atoms with Gasteiger partial charge in [-0.05, 0) is 25.0 Å². The van der Waals surface area contributed by atoms with Crippen LogP contribution in [-0.2, 0) is 0 Å². The molecule has 0 saturated heterocycles. The third-order valence-electron chi connectivity index (χ3n) is 1.73. The first-order chi connectivity index (χ1) is 6.24. The number of aryl methyl sites for hydroxylation is 1. The number of rotatable bonds is 3. The Morgan fingerprint density at radius 3 is 2.92 bits per heavy atom. The molecular formula is C10H12BrNO. The molecule has 0 aliphatic rings. The van der Waals surface area contributed by atoms with Crippen molar-refractivity contribution < 1.29 is 0 Å². The summed E-state index contributed by atoms with van der Waals surface area (Å²) in [6.07, 6.45) is 5.10. The maximum atomic E-state index is 10.9. The number of nitrogens with one attached hydrogen (secondary N) is 1. The molecule has 13 heavy (non-hydrogen) atoms. The van der Waals surface area contributed by atoms with Gasteiger partial charge in [0.15, 0.2) is 0 Å². The summed E-state index contributed by atoms with van der Waals surface area (Å²) in [6, 6.07) is 3.37. The van der Waals surface area contributed by atoms with Crippen LogP contribution in [0.3, 0.4) is 0 Å². The van der Waals surface area contributed by atoms with Gasteiger partial charge in [0.1, 0.15) is 0 Å². The molecule has 0 bridgehead atoms. The number of pyridine rings is 1. The molecule has 1 rings (SSSR count). The third kappa shape index (κ3) is 3.19. The molecule has 0 fully saturated rings. The number of alkyl halides is 1. The van der Waals surface area contributed by atoms with Crippen LogP contribution < -0.4 is 5.56 Å². The Morgan fingerprint density at radius 1 is 1.54 bits per heavy atom. The predicted octanol–water partition coefficient (Wildman–Crippen LogP) is 2.48. The minimum atomic E-state index is -0.0462. The van der Waals surface area contributed by atoms with Crippen molar-refractivity contribution in [3.05, 3.63) is 39.8 Å². The van der Waals surface area contributed by atoms with Crippen molar-refractivity contribution in [2.45, 2.75) is 13.3 Å². The lowest BCUT2D eigenvalue weighted by molar-refractivity contribution is 1.13. The highest BCUT2D eigenvalue weighted by molar-refractivity contribution is 9.09. The van der Waals surface area contributed by atoms with Crippen LogP contribution in [0.25, 0.3) is 6.08 Å². The van der Waals surface area contributed by atoms with Crippen LogP contribution in [0.1, 0.15) is 17.7 Å². The lowest BCUT2D eigenvalue weighted by Crippen LogP contribution is -2.05. The van der Waals surface area contributed by atoms with E-state index in [0.29, 0.717) is 0 Å². The first kappa shape index (κ1) is 10.3. The van der Waals surface area contributed by atoms with Crippen LogP contribution >= 0.6 is 15.9 Å². The first-order valence-electron chi connectivity index (χ1n) is 4.16. The summed E-state index contributed by atoms with van der Waals surface area (Å²) in [4.78, 5) is 13.6. The summed E-state index contributed by atoms with van der Waals surface area (Å²) in [7, 11) is 0. The van der Waals surface area contributed by atoms with Crippen molar-refractivity contribution in [2.75, 3.05) is 5.33 Å². The third-order valence-corrected chi connectivity index (χ3v) is 2.19. The van der Waals surface area contributed by atoms with Gasteiger partial charge in [-0.2, -0.15) is 0 Å². The van der Waals surface area contributed by atoms with Gasteiger partial charge in [-0.25, -0.2) is 0 Å². The fraction of sp³-hybridized carbons (Fsp3) is 0.300. The average molecular weight is 242 g/mol. The molecule has 2 nitrogen and oxygen atoms in total. The summed E-state index contributed by atoms with van der Waals surface area (Å²) >= 11 is 3.34. The van der Waals surface area contributed by atoms with Gasteiger partial charge in [0.25, 0.3) is 0 Å². The van der Waals surface area contributed by atoms with Crippen LogP contribution in [0.5, 0.6) is 0 Å². The molecule has 70 valence electrons. The Balaban J connectivity index is 2.83. The molecule has 0 amide bonds. The summed E-state index contributed by atoms with van der Waals surface area (Å²) in [5.74, 6) is 0. The fourth-order valence-electron chi connectivity index (χ4n) is 1.04. The van der Waals surface area contributed by atoms with Gasteiger partial charge in [0, 0.05) is 17.1 Å². The highest BCUT2D eigenvalue weighted by atomic mass is 79.9. The van der Waals surface area contributed by atoms with Crippen LogP contribution in [0.2, 0.25) is 0 Å². The summed E-state index contributed by atoms with van der Waals surface area (Å²) in [5.41, 5.74) is 1.94. The standard InChI is InChI=1S/C10H12BrNO/c1-8-9(4-2-3-7-11)5-6-10(13)12-8/h2,4-6H,3,7H2,1H3,(H,12,13). The second kappa shape index (κ2) is 5.02. The predicted molar refractivity (Wildman–Crippen MR) is 59.2 cm³/mol. The Hall–Kier alpha value is -0.830. The quantitative estimate of drug-likeness (QED) is 0.811. The molecule has 0 saturated carbocycles. The van der Waals surface area contributed by atoms with Gasteiger partial charge in [-0.15, -0.1) is 0 Å². The van der Waals surface area contributed by atoms with Gasteiger partial charge in [-0.3, -0.25) is 4.79 Å². The van der Waals surface area contributed by atoms with E-state index in [-0.39, 0.29) is 5.56 Å². The average Bonchev–Trinajstić information content (AvgIpc) is 2.09. The zero-order valence-corrected chi connectivity index (χ0v) is 9.10.